The number of nitrogens with zero attached hydrogens (tertiary/aromatic N) is 2. The Labute approximate surface area is 122 Å². The van der Waals surface area contributed by atoms with Crippen LogP contribution in [-0.4, -0.2) is 24.2 Å². The number of hydrogen-bond acceptors (Lipinski definition) is 5. The van der Waals surface area contributed by atoms with Gasteiger partial charge >= 0.3 is 0 Å². The molecule has 1 heterocycles. The third kappa shape index (κ3) is 2.23. The number of hydrogen-bond donors (Lipinski definition) is 1. The molecule has 1 aromatic heterocycles. The first-order chi connectivity index (χ1) is 10.2. The topological polar surface area (TPSA) is 70.3 Å². The molecule has 106 valence electrons. The van der Waals surface area contributed by atoms with Gasteiger partial charge < -0.3 is 15.2 Å². The van der Waals surface area contributed by atoms with Gasteiger partial charge in [0.25, 0.3) is 0 Å². The van der Waals surface area contributed by atoms with Gasteiger partial charge in [-0.2, -0.15) is 0 Å². The van der Waals surface area contributed by atoms with Gasteiger partial charge in [0.15, 0.2) is 5.75 Å². The van der Waals surface area contributed by atoms with Crippen LogP contribution in [0.2, 0.25) is 0 Å². The number of benzene rings is 2. The highest BCUT2D eigenvalue weighted by Gasteiger charge is 2.14. The fraction of sp³-hybridized carbons (Fsp3) is 0.125. The first-order valence-corrected chi connectivity index (χ1v) is 6.47. The van der Waals surface area contributed by atoms with E-state index in [-0.39, 0.29) is 0 Å². The van der Waals surface area contributed by atoms with Gasteiger partial charge in [0.1, 0.15) is 22.5 Å². The van der Waals surface area contributed by atoms with E-state index < -0.39 is 0 Å². The predicted octanol–water partition coefficient (Wildman–Crippen LogP) is 2.90. The molecule has 0 bridgehead atoms. The minimum absolute atomic E-state index is 0.459. The van der Waals surface area contributed by atoms with Crippen LogP contribution in [0.15, 0.2) is 42.6 Å². The molecule has 0 spiro atoms. The van der Waals surface area contributed by atoms with E-state index in [0.717, 1.165) is 11.3 Å². The number of aromatic nitrogens is 2. The highest BCUT2D eigenvalue weighted by molar-refractivity contribution is 5.95. The molecule has 0 radical (unpaired) electrons. The zero-order valence-corrected chi connectivity index (χ0v) is 11.8. The van der Waals surface area contributed by atoms with Crippen molar-refractivity contribution >= 4 is 16.7 Å². The summed E-state index contributed by atoms with van der Waals surface area (Å²) in [7, 11) is 3.14. The first-order valence-electron chi connectivity index (χ1n) is 6.47. The molecule has 0 unspecified atom stereocenters. The van der Waals surface area contributed by atoms with Gasteiger partial charge in [-0.15, -0.1) is 0 Å². The van der Waals surface area contributed by atoms with Gasteiger partial charge in [-0.3, -0.25) is 0 Å². The lowest BCUT2D eigenvalue weighted by Crippen LogP contribution is -1.99. The first kappa shape index (κ1) is 13.2. The number of methoxy groups -OCH3 is 2. The quantitative estimate of drug-likeness (QED) is 0.747. The van der Waals surface area contributed by atoms with Crippen molar-refractivity contribution in [3.63, 3.8) is 0 Å². The monoisotopic (exact) mass is 281 g/mol. The Bertz CT molecular complexity index is 788. The summed E-state index contributed by atoms with van der Waals surface area (Å²) in [5.41, 5.74) is 9.47. The Hall–Kier alpha value is -2.82. The van der Waals surface area contributed by atoms with Gasteiger partial charge in [0.2, 0.25) is 0 Å². The van der Waals surface area contributed by atoms with Crippen LogP contribution in [-0.2, 0) is 0 Å². The molecule has 0 saturated carbocycles. The molecule has 3 aromatic rings. The van der Waals surface area contributed by atoms with Crippen LogP contribution in [0.3, 0.4) is 0 Å². The minimum atomic E-state index is 0.459. The zero-order valence-electron chi connectivity index (χ0n) is 11.8. The number of nitrogens with two attached hydrogens (primary N) is 1. The second-order valence-corrected chi connectivity index (χ2v) is 4.51. The number of fused-ring (bicyclic) bond motifs is 1. The van der Waals surface area contributed by atoms with Crippen LogP contribution in [0, 0.1) is 0 Å². The van der Waals surface area contributed by atoms with E-state index in [1.54, 1.807) is 26.5 Å². The lowest BCUT2D eigenvalue weighted by molar-refractivity contribution is 0.398. The van der Waals surface area contributed by atoms with E-state index in [9.17, 15) is 0 Å². The number of nitrogen functional groups attached to an aromatic ring is 1. The zero-order chi connectivity index (χ0) is 14.8. The Kier molecular flexibility index (Phi) is 3.31. The smallest absolute Gasteiger partial charge is 0.150 e. The summed E-state index contributed by atoms with van der Waals surface area (Å²) in [5, 5.41) is 0. The third-order valence-corrected chi connectivity index (χ3v) is 3.30. The van der Waals surface area contributed by atoms with E-state index >= 15 is 0 Å². The van der Waals surface area contributed by atoms with E-state index in [1.165, 1.54) is 0 Å². The largest absolute Gasteiger partial charge is 0.494 e. The van der Waals surface area contributed by atoms with Crippen LogP contribution in [0.1, 0.15) is 0 Å². The van der Waals surface area contributed by atoms with Gasteiger partial charge in [-0.25, -0.2) is 9.97 Å². The van der Waals surface area contributed by atoms with E-state index in [1.807, 2.05) is 30.3 Å². The molecule has 0 aliphatic carbocycles. The predicted molar refractivity (Wildman–Crippen MR) is 82.5 cm³/mol. The lowest BCUT2D eigenvalue weighted by Gasteiger charge is -2.12. The van der Waals surface area contributed by atoms with Crippen molar-refractivity contribution in [3.8, 4) is 22.8 Å². The maximum atomic E-state index is 6.06. The Balaban J connectivity index is 2.26. The molecule has 5 heteroatoms. The third-order valence-electron chi connectivity index (χ3n) is 3.30. The van der Waals surface area contributed by atoms with Gasteiger partial charge in [0, 0.05) is 11.6 Å². The summed E-state index contributed by atoms with van der Waals surface area (Å²) >= 11 is 0. The average molecular weight is 281 g/mol. The Morgan fingerprint density at radius 3 is 2.33 bits per heavy atom. The Morgan fingerprint density at radius 1 is 0.952 bits per heavy atom. The van der Waals surface area contributed by atoms with Crippen molar-refractivity contribution < 1.29 is 9.47 Å². The van der Waals surface area contributed by atoms with Gasteiger partial charge in [-0.1, -0.05) is 30.3 Å². The molecule has 0 atom stereocenters. The molecule has 0 aliphatic heterocycles. The van der Waals surface area contributed by atoms with Crippen molar-refractivity contribution in [1.29, 1.82) is 0 Å². The van der Waals surface area contributed by atoms with Crippen LogP contribution in [0.25, 0.3) is 22.3 Å². The van der Waals surface area contributed by atoms with E-state index in [2.05, 4.69) is 9.97 Å². The van der Waals surface area contributed by atoms with Crippen molar-refractivity contribution in [2.75, 3.05) is 20.0 Å². The normalized spacial score (nSPS) is 10.6. The molecule has 2 N–H and O–H groups in total. The van der Waals surface area contributed by atoms with Crippen LogP contribution < -0.4 is 15.2 Å². The molecular weight excluding hydrogens is 266 g/mol. The molecule has 0 amide bonds. The van der Waals surface area contributed by atoms with Gasteiger partial charge in [-0.05, 0) is 0 Å². The highest BCUT2D eigenvalue weighted by Crippen LogP contribution is 2.36. The summed E-state index contributed by atoms with van der Waals surface area (Å²) in [6, 6.07) is 11.6. The van der Waals surface area contributed by atoms with Crippen molar-refractivity contribution in [2.24, 2.45) is 0 Å². The maximum Gasteiger partial charge on any atom is 0.150 e. The number of ether oxygens (including phenoxy) is 2. The van der Waals surface area contributed by atoms with Crippen molar-refractivity contribution in [1.82, 2.24) is 9.97 Å². The van der Waals surface area contributed by atoms with Gasteiger partial charge in [0.05, 0.1) is 26.1 Å². The summed E-state index contributed by atoms with van der Waals surface area (Å²) in [6.45, 7) is 0. The molecular formula is C16H15N3O2. The van der Waals surface area contributed by atoms with Crippen LogP contribution in [0.4, 0.5) is 5.69 Å². The number of rotatable bonds is 3. The summed E-state index contributed by atoms with van der Waals surface area (Å²) in [6.07, 6.45) is 1.70. The SMILES string of the molecule is COc1cc(OC)c2nc(-c3ccccc3)cnc2c1N. The molecule has 0 saturated heterocycles. The standard InChI is InChI=1S/C16H15N3O2/c1-20-12-8-13(21-2)15-16(14(12)17)18-9-11(19-15)10-6-4-3-5-7-10/h3-9H,17H2,1-2H3. The fourth-order valence-corrected chi connectivity index (χ4v) is 2.21. The second-order valence-electron chi connectivity index (χ2n) is 4.51. The number of anilines is 1. The minimum Gasteiger partial charge on any atom is -0.494 e. The van der Waals surface area contributed by atoms with E-state index in [4.69, 9.17) is 15.2 Å². The van der Waals surface area contributed by atoms with E-state index in [0.29, 0.717) is 28.2 Å². The van der Waals surface area contributed by atoms with Crippen LogP contribution in [0.5, 0.6) is 11.5 Å². The van der Waals surface area contributed by atoms with Crippen molar-refractivity contribution in [3.05, 3.63) is 42.6 Å². The summed E-state index contributed by atoms with van der Waals surface area (Å²) < 4.78 is 10.6. The highest BCUT2D eigenvalue weighted by atomic mass is 16.5. The molecule has 0 aliphatic rings. The molecule has 0 fully saturated rings. The van der Waals surface area contributed by atoms with Crippen molar-refractivity contribution in [2.45, 2.75) is 0 Å². The summed E-state index contributed by atoms with van der Waals surface area (Å²) in [4.78, 5) is 9.06. The summed E-state index contributed by atoms with van der Waals surface area (Å²) in [5.74, 6) is 1.11. The fourth-order valence-electron chi connectivity index (χ4n) is 2.21. The maximum absolute atomic E-state index is 6.06. The Morgan fingerprint density at radius 2 is 1.67 bits per heavy atom. The second kappa shape index (κ2) is 5.28. The molecule has 2 aromatic carbocycles. The van der Waals surface area contributed by atoms with Crippen LogP contribution >= 0.6 is 0 Å². The molecule has 21 heavy (non-hydrogen) atoms. The average Bonchev–Trinajstić information content (AvgIpc) is 2.56. The molecule has 5 nitrogen and oxygen atoms in total. The lowest BCUT2D eigenvalue weighted by atomic mass is 10.1. The molecule has 3 rings (SSSR count).